The van der Waals surface area contributed by atoms with Gasteiger partial charge >= 0.3 is 0 Å². The highest BCUT2D eigenvalue weighted by Crippen LogP contribution is 2.22. The van der Waals surface area contributed by atoms with E-state index in [2.05, 4.69) is 23.5 Å². The molecule has 1 saturated heterocycles. The van der Waals surface area contributed by atoms with E-state index < -0.39 is 10.0 Å². The predicted octanol–water partition coefficient (Wildman–Crippen LogP) is 1.44. The predicted molar refractivity (Wildman–Crippen MR) is 112 cm³/mol. The lowest BCUT2D eigenvalue weighted by molar-refractivity contribution is -0.929. The van der Waals surface area contributed by atoms with Crippen LogP contribution in [0.1, 0.15) is 30.9 Å². The van der Waals surface area contributed by atoms with Gasteiger partial charge in [0.25, 0.3) is 5.91 Å². The van der Waals surface area contributed by atoms with Crippen molar-refractivity contribution >= 4 is 21.6 Å². The van der Waals surface area contributed by atoms with E-state index in [0.717, 1.165) is 32.4 Å². The van der Waals surface area contributed by atoms with E-state index in [9.17, 15) is 13.2 Å². The lowest BCUT2D eigenvalue weighted by Gasteiger charge is -2.30. The maximum atomic E-state index is 12.8. The normalized spacial score (nSPS) is 20.8. The van der Waals surface area contributed by atoms with Crippen molar-refractivity contribution in [2.24, 2.45) is 0 Å². The van der Waals surface area contributed by atoms with Gasteiger partial charge in [-0.2, -0.15) is 4.31 Å². The molecule has 2 aliphatic heterocycles. The van der Waals surface area contributed by atoms with Crippen molar-refractivity contribution in [1.82, 2.24) is 4.31 Å². The molecular weight excluding hydrogens is 386 g/mol. The summed E-state index contributed by atoms with van der Waals surface area (Å²) in [6.45, 7) is 4.89. The first-order valence-corrected chi connectivity index (χ1v) is 11.7. The van der Waals surface area contributed by atoms with Crippen molar-refractivity contribution in [3.8, 4) is 0 Å². The first-order chi connectivity index (χ1) is 13.9. The fourth-order valence-corrected chi connectivity index (χ4v) is 5.71. The highest BCUT2D eigenvalue weighted by molar-refractivity contribution is 7.89. The first-order valence-electron chi connectivity index (χ1n) is 10.3. The molecule has 0 aliphatic carbocycles. The Morgan fingerprint density at radius 2 is 1.69 bits per heavy atom. The molecule has 1 amide bonds. The van der Waals surface area contributed by atoms with Crippen LogP contribution in [0.15, 0.2) is 53.4 Å². The summed E-state index contributed by atoms with van der Waals surface area (Å²) in [5, 5.41) is 2.94. The second-order valence-corrected chi connectivity index (χ2v) is 9.89. The van der Waals surface area contributed by atoms with Gasteiger partial charge in [-0.05, 0) is 49.6 Å². The molecule has 1 unspecified atom stereocenters. The minimum atomic E-state index is -3.43. The van der Waals surface area contributed by atoms with Gasteiger partial charge in [0.1, 0.15) is 6.54 Å². The van der Waals surface area contributed by atoms with Crippen LogP contribution in [0.4, 0.5) is 5.69 Å². The molecule has 0 aromatic heterocycles. The second-order valence-electron chi connectivity index (χ2n) is 7.95. The Morgan fingerprint density at radius 1 is 1.03 bits per heavy atom. The van der Waals surface area contributed by atoms with Crippen LogP contribution >= 0.6 is 0 Å². The van der Waals surface area contributed by atoms with Gasteiger partial charge in [0.05, 0.1) is 11.4 Å². The van der Waals surface area contributed by atoms with E-state index in [1.54, 1.807) is 24.3 Å². The average molecular weight is 415 g/mol. The Hall–Kier alpha value is -2.22. The lowest BCUT2D eigenvalue weighted by atomic mass is 9.99. The smallest absolute Gasteiger partial charge is 0.282 e. The Bertz CT molecular complexity index is 983. The third kappa shape index (κ3) is 4.22. The summed E-state index contributed by atoms with van der Waals surface area (Å²) < 4.78 is 26.8. The van der Waals surface area contributed by atoms with Crippen LogP contribution in [0.3, 0.4) is 0 Å². The molecule has 2 aromatic rings. The van der Waals surface area contributed by atoms with Gasteiger partial charge in [0.2, 0.25) is 10.0 Å². The molecule has 4 rings (SSSR count). The molecule has 0 bridgehead atoms. The third-order valence-electron chi connectivity index (χ3n) is 6.08. The van der Waals surface area contributed by atoms with Crippen molar-refractivity contribution in [2.45, 2.75) is 43.7 Å². The van der Waals surface area contributed by atoms with Crippen molar-refractivity contribution < 1.29 is 18.1 Å². The van der Waals surface area contributed by atoms with Crippen LogP contribution in [0.5, 0.6) is 0 Å². The Balaban J connectivity index is 1.39. The molecule has 1 fully saturated rings. The van der Waals surface area contributed by atoms with Crippen LogP contribution < -0.4 is 10.2 Å². The number of anilines is 1. The molecule has 2 atom stereocenters. The second kappa shape index (κ2) is 8.26. The van der Waals surface area contributed by atoms with Crippen molar-refractivity contribution in [1.29, 1.82) is 0 Å². The van der Waals surface area contributed by atoms with Gasteiger partial charge in [-0.3, -0.25) is 4.79 Å². The number of rotatable bonds is 5. The number of carbonyl (C=O) groups excluding carboxylic acids is 1. The highest BCUT2D eigenvalue weighted by Gasteiger charge is 2.29. The summed E-state index contributed by atoms with van der Waals surface area (Å²) in [5.74, 6) is -0.0467. The lowest BCUT2D eigenvalue weighted by Crippen LogP contribution is -3.16. The zero-order valence-electron chi connectivity index (χ0n) is 16.7. The van der Waals surface area contributed by atoms with Crippen molar-refractivity contribution in [2.75, 3.05) is 25.0 Å². The molecule has 7 heteroatoms. The number of nitrogens with zero attached hydrogens (tertiary/aromatic N) is 1. The molecule has 29 heavy (non-hydrogen) atoms. The zero-order chi connectivity index (χ0) is 20.4. The zero-order valence-corrected chi connectivity index (χ0v) is 17.5. The third-order valence-corrected chi connectivity index (χ3v) is 7.99. The topological polar surface area (TPSA) is 70.9 Å². The monoisotopic (exact) mass is 414 g/mol. The molecule has 0 radical (unpaired) electrons. The Kier molecular flexibility index (Phi) is 5.72. The van der Waals surface area contributed by atoms with Crippen LogP contribution in [0.25, 0.3) is 0 Å². The molecular formula is C22H28N3O3S+. The fourth-order valence-electron chi connectivity index (χ4n) is 4.20. The number of hydrogen-bond acceptors (Lipinski definition) is 3. The molecule has 2 aliphatic rings. The SMILES string of the molecule is C[C@@H](C(=O)Nc1ccc(S(=O)(=O)N2CCCC2)cc1)[NH+]1CCc2ccccc2C1. The molecule has 2 N–H and O–H groups in total. The van der Waals surface area contributed by atoms with E-state index in [-0.39, 0.29) is 16.8 Å². The molecule has 2 aromatic carbocycles. The van der Waals surface area contributed by atoms with Gasteiger partial charge in [0.15, 0.2) is 6.04 Å². The fraction of sp³-hybridized carbons (Fsp3) is 0.409. The minimum Gasteiger partial charge on any atom is -0.321 e. The van der Waals surface area contributed by atoms with Gasteiger partial charge in [-0.25, -0.2) is 8.42 Å². The largest absolute Gasteiger partial charge is 0.321 e. The van der Waals surface area contributed by atoms with Crippen LogP contribution in [-0.4, -0.2) is 44.3 Å². The average Bonchev–Trinajstić information content (AvgIpc) is 3.29. The van der Waals surface area contributed by atoms with Crippen LogP contribution in [0, 0.1) is 0 Å². The Labute approximate surface area is 172 Å². The van der Waals surface area contributed by atoms with E-state index in [1.165, 1.54) is 20.3 Å². The van der Waals surface area contributed by atoms with E-state index in [1.807, 2.05) is 13.0 Å². The quantitative estimate of drug-likeness (QED) is 0.778. The summed E-state index contributed by atoms with van der Waals surface area (Å²) in [4.78, 5) is 14.3. The summed E-state index contributed by atoms with van der Waals surface area (Å²) in [6, 6.07) is 14.7. The van der Waals surface area contributed by atoms with Crippen molar-refractivity contribution in [3.63, 3.8) is 0 Å². The summed E-state index contributed by atoms with van der Waals surface area (Å²) in [5.41, 5.74) is 3.31. The van der Waals surface area contributed by atoms with Crippen LogP contribution in [-0.2, 0) is 27.8 Å². The minimum absolute atomic E-state index is 0.0467. The van der Waals surface area contributed by atoms with Crippen LogP contribution in [0.2, 0.25) is 0 Å². The molecule has 2 heterocycles. The van der Waals surface area contributed by atoms with Gasteiger partial charge < -0.3 is 10.2 Å². The van der Waals surface area contributed by atoms with E-state index in [0.29, 0.717) is 18.8 Å². The first kappa shape index (κ1) is 20.1. The van der Waals surface area contributed by atoms with Crippen molar-refractivity contribution in [3.05, 3.63) is 59.7 Å². The summed E-state index contributed by atoms with van der Waals surface area (Å²) >= 11 is 0. The number of nitrogens with one attached hydrogen (secondary N) is 2. The van der Waals surface area contributed by atoms with Gasteiger partial charge in [-0.1, -0.05) is 24.3 Å². The molecule has 0 saturated carbocycles. The standard InChI is InChI=1S/C22H27N3O3S/c1-17(24-15-12-18-6-2-3-7-19(18)16-24)22(26)23-20-8-10-21(11-9-20)29(27,28)25-13-4-5-14-25/h2-3,6-11,17H,4-5,12-16H2,1H3,(H,23,26)/p+1/t17-/m0/s1. The maximum absolute atomic E-state index is 12.8. The number of benzene rings is 2. The van der Waals surface area contributed by atoms with Gasteiger partial charge in [-0.15, -0.1) is 0 Å². The number of hydrogen-bond donors (Lipinski definition) is 2. The number of amides is 1. The summed E-state index contributed by atoms with van der Waals surface area (Å²) in [7, 11) is -3.43. The highest BCUT2D eigenvalue weighted by atomic mass is 32.2. The maximum Gasteiger partial charge on any atom is 0.282 e. The van der Waals surface area contributed by atoms with E-state index >= 15 is 0 Å². The number of quaternary nitrogens is 1. The van der Waals surface area contributed by atoms with E-state index in [4.69, 9.17) is 0 Å². The number of carbonyl (C=O) groups is 1. The number of fused-ring (bicyclic) bond motifs is 1. The Morgan fingerprint density at radius 3 is 2.38 bits per heavy atom. The molecule has 6 nitrogen and oxygen atoms in total. The molecule has 154 valence electrons. The summed E-state index contributed by atoms with van der Waals surface area (Å²) in [6.07, 6.45) is 2.80. The molecule has 0 spiro atoms. The number of sulfonamides is 1. The van der Waals surface area contributed by atoms with Gasteiger partial charge in [0, 0.05) is 30.8 Å².